The fraction of sp³-hybridized carbons (Fsp3) is 0.647. The molecule has 2 aliphatic heterocycles. The zero-order valence-corrected chi connectivity index (χ0v) is 13.7. The summed E-state index contributed by atoms with van der Waals surface area (Å²) in [6, 6.07) is 9.59. The Hall–Kier alpha value is -1.06. The first-order valence-corrected chi connectivity index (χ1v) is 8.05. The van der Waals surface area contributed by atoms with Crippen molar-refractivity contribution in [3.63, 3.8) is 0 Å². The summed E-state index contributed by atoms with van der Waals surface area (Å²) in [5.74, 6) is -0.810. The predicted octanol–water partition coefficient (Wildman–Crippen LogP) is 0.162. The maximum Gasteiger partial charge on any atom is 0.190 e. The molecule has 7 nitrogen and oxygen atoms in total. The number of hydrogen-bond donors (Lipinski definition) is 3. The summed E-state index contributed by atoms with van der Waals surface area (Å²) in [7, 11) is 0. The second kappa shape index (κ2) is 7.05. The lowest BCUT2D eigenvalue weighted by Crippen LogP contribution is -2.48. The van der Waals surface area contributed by atoms with E-state index in [0.29, 0.717) is 6.61 Å². The second-order valence-electron chi connectivity index (χ2n) is 6.57. The molecule has 0 spiro atoms. The Balaban J connectivity index is 1.74. The number of aliphatic hydroxyl groups excluding tert-OH is 3. The van der Waals surface area contributed by atoms with Crippen LogP contribution in [0.25, 0.3) is 0 Å². The minimum atomic E-state index is -1.33. The summed E-state index contributed by atoms with van der Waals surface area (Å²) in [4.78, 5) is 0. The van der Waals surface area contributed by atoms with E-state index < -0.39 is 49.2 Å². The van der Waals surface area contributed by atoms with Crippen LogP contribution < -0.4 is 0 Å². The van der Waals surface area contributed by atoms with Crippen LogP contribution in [-0.4, -0.2) is 64.5 Å². The van der Waals surface area contributed by atoms with Gasteiger partial charge in [0.2, 0.25) is 0 Å². The van der Waals surface area contributed by atoms with Crippen molar-refractivity contribution in [1.29, 1.82) is 0 Å². The van der Waals surface area contributed by atoms with Crippen LogP contribution in [0.15, 0.2) is 30.3 Å². The number of ether oxygens (including phenoxy) is 4. The van der Waals surface area contributed by atoms with Gasteiger partial charge in [-0.1, -0.05) is 30.3 Å². The van der Waals surface area contributed by atoms with Crippen LogP contribution in [0.5, 0.6) is 0 Å². The molecule has 0 bridgehead atoms. The van der Waals surface area contributed by atoms with Gasteiger partial charge in [-0.15, -0.1) is 0 Å². The van der Waals surface area contributed by atoms with E-state index in [-0.39, 0.29) is 0 Å². The van der Waals surface area contributed by atoms with Crippen molar-refractivity contribution in [2.75, 3.05) is 6.61 Å². The van der Waals surface area contributed by atoms with E-state index in [9.17, 15) is 10.2 Å². The summed E-state index contributed by atoms with van der Waals surface area (Å²) < 4.78 is 23.2. The zero-order chi connectivity index (χ0) is 17.3. The lowest BCUT2D eigenvalue weighted by atomic mass is 10.0. The van der Waals surface area contributed by atoms with Gasteiger partial charge >= 0.3 is 0 Å². The topological polar surface area (TPSA) is 97.6 Å². The minimum Gasteiger partial charge on any atom is -0.394 e. The number of hydrogen-bond acceptors (Lipinski definition) is 7. The molecule has 2 aliphatic rings. The molecule has 2 heterocycles. The third kappa shape index (κ3) is 3.62. The molecule has 6 atom stereocenters. The van der Waals surface area contributed by atoms with Gasteiger partial charge in [0.15, 0.2) is 12.1 Å². The summed E-state index contributed by atoms with van der Waals surface area (Å²) in [6.07, 6.45) is -5.34. The van der Waals surface area contributed by atoms with Crippen molar-refractivity contribution in [2.45, 2.75) is 63.1 Å². The molecule has 0 aliphatic carbocycles. The van der Waals surface area contributed by atoms with Crippen LogP contribution in [0.2, 0.25) is 0 Å². The molecule has 2 saturated heterocycles. The van der Waals surface area contributed by atoms with Crippen LogP contribution in [0.1, 0.15) is 19.4 Å². The molecular weight excluding hydrogens is 316 g/mol. The highest BCUT2D eigenvalue weighted by Gasteiger charge is 2.57. The Labute approximate surface area is 140 Å². The number of benzene rings is 1. The first-order valence-electron chi connectivity index (χ1n) is 8.05. The van der Waals surface area contributed by atoms with Crippen molar-refractivity contribution in [3.8, 4) is 0 Å². The van der Waals surface area contributed by atoms with Gasteiger partial charge in [0.1, 0.15) is 30.5 Å². The van der Waals surface area contributed by atoms with Crippen LogP contribution in [0.3, 0.4) is 0 Å². The molecule has 3 rings (SSSR count). The smallest absolute Gasteiger partial charge is 0.190 e. The molecule has 7 heteroatoms. The normalized spacial score (nSPS) is 34.0. The maximum absolute atomic E-state index is 10.2. The number of fused-ring (bicyclic) bond motifs is 1. The highest BCUT2D eigenvalue weighted by molar-refractivity contribution is 5.13. The molecular formula is C17H24O7. The molecule has 24 heavy (non-hydrogen) atoms. The minimum absolute atomic E-state index is 0.306. The van der Waals surface area contributed by atoms with Gasteiger partial charge in [0.05, 0.1) is 13.2 Å². The Morgan fingerprint density at radius 3 is 2.54 bits per heavy atom. The zero-order valence-electron chi connectivity index (χ0n) is 13.7. The average Bonchev–Trinajstić information content (AvgIpc) is 3.04. The molecule has 134 valence electrons. The highest BCUT2D eigenvalue weighted by atomic mass is 16.8. The quantitative estimate of drug-likeness (QED) is 0.679. The van der Waals surface area contributed by atoms with Crippen LogP contribution in [0.4, 0.5) is 0 Å². The lowest BCUT2D eigenvalue weighted by Gasteiger charge is -2.30. The van der Waals surface area contributed by atoms with Crippen molar-refractivity contribution in [2.24, 2.45) is 0 Å². The van der Waals surface area contributed by atoms with Crippen molar-refractivity contribution in [1.82, 2.24) is 0 Å². The summed E-state index contributed by atoms with van der Waals surface area (Å²) in [5, 5.41) is 29.1. The molecule has 0 radical (unpaired) electrons. The lowest BCUT2D eigenvalue weighted by molar-refractivity contribution is -0.237. The van der Waals surface area contributed by atoms with Gasteiger partial charge in [0, 0.05) is 0 Å². The fourth-order valence-corrected chi connectivity index (χ4v) is 3.06. The highest BCUT2D eigenvalue weighted by Crippen LogP contribution is 2.40. The molecule has 1 aromatic carbocycles. The van der Waals surface area contributed by atoms with E-state index in [4.69, 9.17) is 24.1 Å². The first-order chi connectivity index (χ1) is 11.4. The fourth-order valence-electron chi connectivity index (χ4n) is 3.06. The molecule has 3 N–H and O–H groups in total. The summed E-state index contributed by atoms with van der Waals surface area (Å²) >= 11 is 0. The van der Waals surface area contributed by atoms with Gasteiger partial charge in [-0.2, -0.15) is 0 Å². The maximum atomic E-state index is 10.2. The van der Waals surface area contributed by atoms with Crippen LogP contribution >= 0.6 is 0 Å². The monoisotopic (exact) mass is 340 g/mol. The summed E-state index contributed by atoms with van der Waals surface area (Å²) in [5.41, 5.74) is 0.968. The molecule has 2 fully saturated rings. The largest absolute Gasteiger partial charge is 0.394 e. The first kappa shape index (κ1) is 17.8. The summed E-state index contributed by atoms with van der Waals surface area (Å²) in [6.45, 7) is 3.28. The molecule has 0 unspecified atom stereocenters. The van der Waals surface area contributed by atoms with E-state index in [1.165, 1.54) is 0 Å². The van der Waals surface area contributed by atoms with Crippen molar-refractivity contribution < 1.29 is 34.3 Å². The Kier molecular flexibility index (Phi) is 5.22. The Morgan fingerprint density at radius 2 is 1.88 bits per heavy atom. The molecule has 1 aromatic rings. The van der Waals surface area contributed by atoms with E-state index in [0.717, 1.165) is 5.56 Å². The van der Waals surface area contributed by atoms with E-state index in [2.05, 4.69) is 0 Å². The third-order valence-corrected chi connectivity index (χ3v) is 4.23. The van der Waals surface area contributed by atoms with Gasteiger partial charge in [0.25, 0.3) is 0 Å². The average molecular weight is 340 g/mol. The second-order valence-corrected chi connectivity index (χ2v) is 6.57. The number of rotatable bonds is 6. The standard InChI is InChI=1S/C17H24O7/c1-17(2)23-15-14(21-9-10-6-4-3-5-7-10)13(22-16(15)24-17)12(20)11(19)8-18/h3-7,11-16,18-20H,8-9H2,1-2H3/t11-,12+,13+,14-,15+,16-/m0/s1. The van der Waals surface area contributed by atoms with E-state index >= 15 is 0 Å². The number of aliphatic hydroxyl groups is 3. The van der Waals surface area contributed by atoms with Gasteiger partial charge in [-0.05, 0) is 19.4 Å². The van der Waals surface area contributed by atoms with Gasteiger partial charge < -0.3 is 34.3 Å². The molecule has 0 saturated carbocycles. The molecule has 0 aromatic heterocycles. The molecule has 0 amide bonds. The predicted molar refractivity (Wildman–Crippen MR) is 82.8 cm³/mol. The van der Waals surface area contributed by atoms with E-state index in [1.807, 2.05) is 30.3 Å². The van der Waals surface area contributed by atoms with Gasteiger partial charge in [-0.3, -0.25) is 0 Å². The van der Waals surface area contributed by atoms with Crippen LogP contribution in [0, 0.1) is 0 Å². The SMILES string of the molecule is CC1(C)O[C@@H]2O[C@H]([C@H](O)[C@@H](O)CO)[C@H](OCc3ccccc3)[C@H]2O1. The van der Waals surface area contributed by atoms with Crippen molar-refractivity contribution >= 4 is 0 Å². The van der Waals surface area contributed by atoms with Gasteiger partial charge in [-0.25, -0.2) is 0 Å². The van der Waals surface area contributed by atoms with E-state index in [1.54, 1.807) is 13.8 Å². The third-order valence-electron chi connectivity index (χ3n) is 4.23. The Bertz CT molecular complexity index is 535. The Morgan fingerprint density at radius 1 is 1.17 bits per heavy atom. The van der Waals surface area contributed by atoms with Crippen molar-refractivity contribution in [3.05, 3.63) is 35.9 Å². The van der Waals surface area contributed by atoms with Crippen LogP contribution in [-0.2, 0) is 25.6 Å².